The number of hydrogen-bond acceptors (Lipinski definition) is 2. The molecular weight excluding hydrogens is 349 g/mol. The average Bonchev–Trinajstić information content (AvgIpc) is 2.89. The molecule has 3 aromatic rings. The van der Waals surface area contributed by atoms with Gasteiger partial charge in [-0.15, -0.1) is 0 Å². The Bertz CT molecular complexity index is 814. The van der Waals surface area contributed by atoms with Crippen LogP contribution in [0, 0.1) is 5.82 Å². The van der Waals surface area contributed by atoms with Crippen molar-refractivity contribution in [2.45, 2.75) is 6.42 Å². The molecule has 0 fully saturated rings. The van der Waals surface area contributed by atoms with Crippen LogP contribution in [0.1, 0.15) is 16.1 Å². The molecule has 6 heteroatoms. The van der Waals surface area contributed by atoms with Crippen molar-refractivity contribution >= 4 is 27.5 Å². The normalized spacial score (nSPS) is 10.8. The quantitative estimate of drug-likeness (QED) is 0.775. The first-order valence-electron chi connectivity index (χ1n) is 6.79. The number of pyridine rings is 1. The molecule has 112 valence electrons. The third-order valence-electron chi connectivity index (χ3n) is 3.24. The van der Waals surface area contributed by atoms with E-state index in [2.05, 4.69) is 26.2 Å². The van der Waals surface area contributed by atoms with Gasteiger partial charge in [-0.05, 0) is 52.3 Å². The second kappa shape index (κ2) is 6.27. The fourth-order valence-electron chi connectivity index (χ4n) is 2.15. The summed E-state index contributed by atoms with van der Waals surface area (Å²) in [6.45, 7) is 0.473. The predicted octanol–water partition coefficient (Wildman–Crippen LogP) is 3.21. The predicted molar refractivity (Wildman–Crippen MR) is 85.3 cm³/mol. The highest BCUT2D eigenvalue weighted by molar-refractivity contribution is 9.10. The van der Waals surface area contributed by atoms with E-state index in [0.717, 1.165) is 15.8 Å². The van der Waals surface area contributed by atoms with E-state index in [4.69, 9.17) is 0 Å². The maximum atomic E-state index is 12.8. The van der Waals surface area contributed by atoms with E-state index in [0.29, 0.717) is 18.5 Å². The molecule has 3 rings (SSSR count). The Labute approximate surface area is 135 Å². The lowest BCUT2D eigenvalue weighted by atomic mass is 10.2. The highest BCUT2D eigenvalue weighted by Gasteiger charge is 2.06. The minimum absolute atomic E-state index is 0.216. The second-order valence-electron chi connectivity index (χ2n) is 4.86. The lowest BCUT2D eigenvalue weighted by molar-refractivity contribution is 0.0954. The molecular formula is C16H13BrFN3O. The maximum absolute atomic E-state index is 12.8. The summed E-state index contributed by atoms with van der Waals surface area (Å²) in [5.74, 6) is -0.570. The number of nitrogens with one attached hydrogen (secondary N) is 1. The summed E-state index contributed by atoms with van der Waals surface area (Å²) in [5.41, 5.74) is 2.21. The summed E-state index contributed by atoms with van der Waals surface area (Å²) in [6, 6.07) is 9.33. The number of hydrogen-bond donors (Lipinski definition) is 1. The molecule has 0 bridgehead atoms. The van der Waals surface area contributed by atoms with Crippen LogP contribution >= 0.6 is 15.9 Å². The SMILES string of the molecule is O=C(NCCc1cn2cc(Br)ccc2n1)c1ccc(F)cc1. The van der Waals surface area contributed by atoms with Gasteiger partial charge in [0.1, 0.15) is 11.5 Å². The molecule has 0 atom stereocenters. The average molecular weight is 362 g/mol. The number of fused-ring (bicyclic) bond motifs is 1. The van der Waals surface area contributed by atoms with Crippen LogP contribution in [0.3, 0.4) is 0 Å². The smallest absolute Gasteiger partial charge is 0.251 e. The van der Waals surface area contributed by atoms with Crippen LogP contribution < -0.4 is 5.32 Å². The van der Waals surface area contributed by atoms with E-state index < -0.39 is 0 Å². The number of carbonyl (C=O) groups is 1. The van der Waals surface area contributed by atoms with E-state index in [-0.39, 0.29) is 11.7 Å². The van der Waals surface area contributed by atoms with Crippen LogP contribution in [0.15, 0.2) is 53.3 Å². The van der Waals surface area contributed by atoms with Gasteiger partial charge in [-0.1, -0.05) is 0 Å². The van der Waals surface area contributed by atoms with Gasteiger partial charge in [-0.2, -0.15) is 0 Å². The van der Waals surface area contributed by atoms with Gasteiger partial charge >= 0.3 is 0 Å². The fourth-order valence-corrected chi connectivity index (χ4v) is 2.50. The first-order chi connectivity index (χ1) is 10.6. The topological polar surface area (TPSA) is 46.4 Å². The monoisotopic (exact) mass is 361 g/mol. The number of imidazole rings is 1. The highest BCUT2D eigenvalue weighted by atomic mass is 79.9. The molecule has 0 spiro atoms. The van der Waals surface area contributed by atoms with E-state index in [1.807, 2.05) is 28.9 Å². The summed E-state index contributed by atoms with van der Waals surface area (Å²) in [7, 11) is 0. The van der Waals surface area contributed by atoms with Crippen LogP contribution in [0.25, 0.3) is 5.65 Å². The van der Waals surface area contributed by atoms with E-state index in [1.165, 1.54) is 24.3 Å². The van der Waals surface area contributed by atoms with Crippen LogP contribution in [0.5, 0.6) is 0 Å². The molecule has 0 radical (unpaired) electrons. The lowest BCUT2D eigenvalue weighted by Crippen LogP contribution is -2.25. The third-order valence-corrected chi connectivity index (χ3v) is 3.71. The van der Waals surface area contributed by atoms with Gasteiger partial charge in [0.05, 0.1) is 5.69 Å². The van der Waals surface area contributed by atoms with Gasteiger partial charge in [0.15, 0.2) is 0 Å². The molecule has 0 unspecified atom stereocenters. The molecule has 4 nitrogen and oxygen atoms in total. The molecule has 1 N–H and O–H groups in total. The number of halogens is 2. The standard InChI is InChI=1S/C16H13BrFN3O/c17-12-3-6-15-20-14(10-21(15)9-12)7-8-19-16(22)11-1-4-13(18)5-2-11/h1-6,9-10H,7-8H2,(H,19,22). The number of aromatic nitrogens is 2. The minimum Gasteiger partial charge on any atom is -0.352 e. The second-order valence-corrected chi connectivity index (χ2v) is 5.77. The van der Waals surface area contributed by atoms with Crippen molar-refractivity contribution in [1.82, 2.24) is 14.7 Å². The summed E-state index contributed by atoms with van der Waals surface area (Å²) in [5, 5.41) is 2.80. The Hall–Kier alpha value is -2.21. The molecule has 0 aliphatic rings. The first-order valence-corrected chi connectivity index (χ1v) is 7.58. The molecule has 1 aromatic carbocycles. The van der Waals surface area contributed by atoms with Gasteiger partial charge in [0, 0.05) is 35.4 Å². The Morgan fingerprint density at radius 1 is 1.18 bits per heavy atom. The largest absolute Gasteiger partial charge is 0.352 e. The Balaban J connectivity index is 1.59. The van der Waals surface area contributed by atoms with Crippen LogP contribution in [-0.4, -0.2) is 21.8 Å². The van der Waals surface area contributed by atoms with Crippen LogP contribution in [0.4, 0.5) is 4.39 Å². The summed E-state index contributed by atoms with van der Waals surface area (Å²) >= 11 is 3.41. The number of benzene rings is 1. The van der Waals surface area contributed by atoms with Crippen molar-refractivity contribution in [3.63, 3.8) is 0 Å². The first kappa shape index (κ1) is 14.7. The zero-order valence-electron chi connectivity index (χ0n) is 11.6. The van der Waals surface area contributed by atoms with E-state index in [9.17, 15) is 9.18 Å². The Morgan fingerprint density at radius 2 is 1.95 bits per heavy atom. The Kier molecular flexibility index (Phi) is 4.20. The molecule has 0 saturated carbocycles. The van der Waals surface area contributed by atoms with Gasteiger partial charge in [-0.25, -0.2) is 9.37 Å². The molecule has 0 aliphatic carbocycles. The van der Waals surface area contributed by atoms with Crippen molar-refractivity contribution in [1.29, 1.82) is 0 Å². The highest BCUT2D eigenvalue weighted by Crippen LogP contribution is 2.12. The van der Waals surface area contributed by atoms with Crippen LogP contribution in [0.2, 0.25) is 0 Å². The zero-order valence-corrected chi connectivity index (χ0v) is 13.2. The van der Waals surface area contributed by atoms with Crippen molar-refractivity contribution in [2.75, 3.05) is 6.54 Å². The summed E-state index contributed by atoms with van der Waals surface area (Å²) in [4.78, 5) is 16.4. The molecule has 2 aromatic heterocycles. The van der Waals surface area contributed by atoms with Gasteiger partial charge in [0.2, 0.25) is 0 Å². The van der Waals surface area contributed by atoms with Crippen molar-refractivity contribution < 1.29 is 9.18 Å². The van der Waals surface area contributed by atoms with Crippen molar-refractivity contribution in [3.05, 3.63) is 70.3 Å². The molecule has 2 heterocycles. The van der Waals surface area contributed by atoms with E-state index in [1.54, 1.807) is 0 Å². The third kappa shape index (κ3) is 3.33. The van der Waals surface area contributed by atoms with Gasteiger partial charge in [0.25, 0.3) is 5.91 Å². The summed E-state index contributed by atoms with van der Waals surface area (Å²) in [6.07, 6.45) is 4.50. The number of rotatable bonds is 4. The lowest BCUT2D eigenvalue weighted by Gasteiger charge is -2.03. The van der Waals surface area contributed by atoms with Gasteiger partial charge < -0.3 is 9.72 Å². The van der Waals surface area contributed by atoms with Crippen molar-refractivity contribution in [3.8, 4) is 0 Å². The molecule has 0 saturated heterocycles. The molecule has 1 amide bonds. The van der Waals surface area contributed by atoms with E-state index >= 15 is 0 Å². The number of carbonyl (C=O) groups excluding carboxylic acids is 1. The molecule has 22 heavy (non-hydrogen) atoms. The van der Waals surface area contributed by atoms with Crippen LogP contribution in [-0.2, 0) is 6.42 Å². The maximum Gasteiger partial charge on any atom is 0.251 e. The molecule has 0 aliphatic heterocycles. The van der Waals surface area contributed by atoms with Crippen molar-refractivity contribution in [2.24, 2.45) is 0 Å². The Morgan fingerprint density at radius 3 is 2.73 bits per heavy atom. The van der Waals surface area contributed by atoms with Gasteiger partial charge in [-0.3, -0.25) is 4.79 Å². The number of amides is 1. The minimum atomic E-state index is -0.354. The zero-order chi connectivity index (χ0) is 15.5. The number of nitrogens with zero attached hydrogens (tertiary/aromatic N) is 2. The summed E-state index contributed by atoms with van der Waals surface area (Å²) < 4.78 is 15.7. The fraction of sp³-hybridized carbons (Fsp3) is 0.125.